The monoisotopic (exact) mass is 358 g/mol. The van der Waals surface area contributed by atoms with E-state index in [4.69, 9.17) is 9.15 Å². The number of rotatable bonds is 6. The molecule has 3 rings (SSSR count). The van der Waals surface area contributed by atoms with E-state index in [1.165, 1.54) is 17.6 Å². The molecule has 25 heavy (non-hydrogen) atoms. The molecule has 0 saturated heterocycles. The van der Waals surface area contributed by atoms with Crippen LogP contribution in [0.15, 0.2) is 40.0 Å². The second-order valence-electron chi connectivity index (χ2n) is 5.26. The zero-order valence-electron chi connectivity index (χ0n) is 14.1. The van der Waals surface area contributed by atoms with Crippen molar-refractivity contribution >= 4 is 44.0 Å². The predicted octanol–water partition coefficient (Wildman–Crippen LogP) is 4.35. The van der Waals surface area contributed by atoms with Crippen molar-refractivity contribution in [2.24, 2.45) is 5.10 Å². The molecular weight excluding hydrogens is 340 g/mol. The van der Waals surface area contributed by atoms with Crippen molar-refractivity contribution in [3.05, 3.63) is 36.3 Å². The quantitative estimate of drug-likeness (QED) is 0.505. The van der Waals surface area contributed by atoms with Crippen LogP contribution in [0.25, 0.3) is 10.2 Å². The molecular formula is C17H18N4O3S. The lowest BCUT2D eigenvalue weighted by molar-refractivity contribution is 0.0997. The first-order chi connectivity index (χ1) is 12.1. The molecule has 3 aromatic rings. The van der Waals surface area contributed by atoms with Gasteiger partial charge in [0.1, 0.15) is 11.3 Å². The van der Waals surface area contributed by atoms with E-state index in [-0.39, 0.29) is 11.7 Å². The van der Waals surface area contributed by atoms with Crippen LogP contribution >= 0.6 is 11.3 Å². The molecule has 2 aromatic heterocycles. The first-order valence-corrected chi connectivity index (χ1v) is 8.55. The average molecular weight is 358 g/mol. The molecule has 0 saturated carbocycles. The number of thiazole rings is 1. The lowest BCUT2D eigenvalue weighted by Crippen LogP contribution is -2.10. The molecule has 0 aliphatic carbocycles. The summed E-state index contributed by atoms with van der Waals surface area (Å²) in [4.78, 5) is 16.8. The van der Waals surface area contributed by atoms with Crippen LogP contribution in [0, 0.1) is 0 Å². The Kier molecular flexibility index (Phi) is 4.99. The van der Waals surface area contributed by atoms with Gasteiger partial charge in [0.25, 0.3) is 5.91 Å². The molecule has 0 bridgehead atoms. The molecule has 8 heteroatoms. The van der Waals surface area contributed by atoms with E-state index in [0.717, 1.165) is 16.8 Å². The summed E-state index contributed by atoms with van der Waals surface area (Å²) in [5.74, 6) is 0.556. The smallest absolute Gasteiger partial charge is 0.291 e. The highest BCUT2D eigenvalue weighted by Gasteiger charge is 2.16. The summed E-state index contributed by atoms with van der Waals surface area (Å²) in [7, 11) is 1.59. The lowest BCUT2D eigenvalue weighted by Gasteiger charge is -2.06. The van der Waals surface area contributed by atoms with Crippen molar-refractivity contribution in [1.82, 2.24) is 4.98 Å². The highest BCUT2D eigenvalue weighted by Crippen LogP contribution is 2.38. The van der Waals surface area contributed by atoms with E-state index in [1.54, 1.807) is 31.4 Å². The maximum absolute atomic E-state index is 12.2. The van der Waals surface area contributed by atoms with E-state index < -0.39 is 0 Å². The van der Waals surface area contributed by atoms with Gasteiger partial charge in [0.15, 0.2) is 5.76 Å². The fourth-order valence-electron chi connectivity index (χ4n) is 2.11. The summed E-state index contributed by atoms with van der Waals surface area (Å²) in [6.45, 7) is 3.97. The number of hydrazone groups is 1. The first kappa shape index (κ1) is 17.0. The van der Waals surface area contributed by atoms with Crippen LogP contribution in [0.5, 0.6) is 5.75 Å². The molecule has 0 unspecified atom stereocenters. The van der Waals surface area contributed by atoms with Crippen molar-refractivity contribution in [2.75, 3.05) is 17.9 Å². The zero-order chi connectivity index (χ0) is 17.8. The van der Waals surface area contributed by atoms with Crippen molar-refractivity contribution in [3.8, 4) is 5.75 Å². The Labute approximate surface area is 148 Å². The largest absolute Gasteiger partial charge is 0.494 e. The summed E-state index contributed by atoms with van der Waals surface area (Å²) < 4.78 is 11.3. The number of fused-ring (bicyclic) bond motifs is 1. The van der Waals surface area contributed by atoms with Crippen LogP contribution in [0.3, 0.4) is 0 Å². The van der Waals surface area contributed by atoms with Gasteiger partial charge in [-0.1, -0.05) is 18.3 Å². The molecule has 7 nitrogen and oxygen atoms in total. The SMILES string of the molecule is CC/C(C)=N\Nc1nc2c(OC)ccc(NC(=O)c3ccco3)c2s1. The number of carbonyl (C=O) groups excluding carboxylic acids is 1. The molecule has 130 valence electrons. The first-order valence-electron chi connectivity index (χ1n) is 7.74. The van der Waals surface area contributed by atoms with Crippen molar-refractivity contribution in [3.63, 3.8) is 0 Å². The molecule has 0 spiro atoms. The summed E-state index contributed by atoms with van der Waals surface area (Å²) >= 11 is 1.39. The number of amides is 1. The third-order valence-corrected chi connectivity index (χ3v) is 4.57. The molecule has 2 N–H and O–H groups in total. The van der Waals surface area contributed by atoms with Gasteiger partial charge in [-0.05, 0) is 37.6 Å². The van der Waals surface area contributed by atoms with Crippen LogP contribution in [0.4, 0.5) is 10.8 Å². The number of hydrogen-bond donors (Lipinski definition) is 2. The van der Waals surface area contributed by atoms with E-state index >= 15 is 0 Å². The molecule has 2 heterocycles. The van der Waals surface area contributed by atoms with Gasteiger partial charge in [0.2, 0.25) is 5.13 Å². The van der Waals surface area contributed by atoms with E-state index in [2.05, 4.69) is 20.8 Å². The van der Waals surface area contributed by atoms with Crippen LogP contribution in [0.1, 0.15) is 30.8 Å². The normalized spacial score (nSPS) is 11.6. The van der Waals surface area contributed by atoms with Gasteiger partial charge < -0.3 is 14.5 Å². The van der Waals surface area contributed by atoms with Gasteiger partial charge in [0, 0.05) is 5.71 Å². The van der Waals surface area contributed by atoms with E-state index in [1.807, 2.05) is 13.8 Å². The minimum absolute atomic E-state index is 0.245. The summed E-state index contributed by atoms with van der Waals surface area (Å²) in [5, 5.41) is 7.74. The maximum Gasteiger partial charge on any atom is 0.291 e. The Morgan fingerprint density at radius 2 is 2.24 bits per heavy atom. The second-order valence-corrected chi connectivity index (χ2v) is 6.26. The number of anilines is 2. The number of benzene rings is 1. The fourth-order valence-corrected chi connectivity index (χ4v) is 3.00. The highest BCUT2D eigenvalue weighted by molar-refractivity contribution is 7.22. The Morgan fingerprint density at radius 1 is 1.40 bits per heavy atom. The third kappa shape index (κ3) is 3.63. The van der Waals surface area contributed by atoms with Crippen molar-refractivity contribution in [1.29, 1.82) is 0 Å². The Morgan fingerprint density at radius 3 is 2.92 bits per heavy atom. The number of hydrogen-bond acceptors (Lipinski definition) is 7. The Bertz CT molecular complexity index is 916. The van der Waals surface area contributed by atoms with Gasteiger partial charge in [-0.2, -0.15) is 5.10 Å². The van der Waals surface area contributed by atoms with E-state index in [9.17, 15) is 4.79 Å². The minimum Gasteiger partial charge on any atom is -0.494 e. The molecule has 0 radical (unpaired) electrons. The molecule has 0 aliphatic heterocycles. The number of ether oxygens (including phenoxy) is 1. The average Bonchev–Trinajstić information content (AvgIpc) is 3.29. The van der Waals surface area contributed by atoms with Crippen LogP contribution < -0.4 is 15.5 Å². The fraction of sp³-hybridized carbons (Fsp3) is 0.235. The van der Waals surface area contributed by atoms with Gasteiger partial charge in [-0.3, -0.25) is 10.2 Å². The third-order valence-electron chi connectivity index (χ3n) is 3.57. The number of carbonyl (C=O) groups is 1. The second kappa shape index (κ2) is 7.35. The Hall–Kier alpha value is -2.87. The number of nitrogens with zero attached hydrogens (tertiary/aromatic N) is 2. The number of furan rings is 1. The minimum atomic E-state index is -0.320. The van der Waals surface area contributed by atoms with E-state index in [0.29, 0.717) is 22.1 Å². The van der Waals surface area contributed by atoms with Crippen molar-refractivity contribution in [2.45, 2.75) is 20.3 Å². The number of methoxy groups -OCH3 is 1. The Balaban J connectivity index is 1.95. The number of nitrogens with one attached hydrogen (secondary N) is 2. The highest BCUT2D eigenvalue weighted by atomic mass is 32.1. The van der Waals surface area contributed by atoms with Gasteiger partial charge in [-0.15, -0.1) is 0 Å². The van der Waals surface area contributed by atoms with Gasteiger partial charge in [-0.25, -0.2) is 4.98 Å². The maximum atomic E-state index is 12.2. The molecule has 0 fully saturated rings. The van der Waals surface area contributed by atoms with Crippen LogP contribution in [-0.4, -0.2) is 23.7 Å². The van der Waals surface area contributed by atoms with Gasteiger partial charge >= 0.3 is 0 Å². The van der Waals surface area contributed by atoms with Gasteiger partial charge in [0.05, 0.1) is 23.8 Å². The summed E-state index contributed by atoms with van der Waals surface area (Å²) in [5.41, 5.74) is 5.22. The topological polar surface area (TPSA) is 88.8 Å². The van der Waals surface area contributed by atoms with Crippen LogP contribution in [0.2, 0.25) is 0 Å². The molecule has 1 amide bonds. The number of aromatic nitrogens is 1. The summed E-state index contributed by atoms with van der Waals surface area (Å²) in [6.07, 6.45) is 2.31. The molecule has 0 atom stereocenters. The lowest BCUT2D eigenvalue weighted by atomic mass is 10.2. The van der Waals surface area contributed by atoms with Crippen LogP contribution in [-0.2, 0) is 0 Å². The molecule has 0 aliphatic rings. The van der Waals surface area contributed by atoms with Crippen molar-refractivity contribution < 1.29 is 13.9 Å². The predicted molar refractivity (Wildman–Crippen MR) is 99.9 cm³/mol. The summed E-state index contributed by atoms with van der Waals surface area (Å²) in [6, 6.07) is 6.83. The molecule has 1 aromatic carbocycles. The zero-order valence-corrected chi connectivity index (χ0v) is 14.9. The standard InChI is InChI=1S/C17H18N4O3S/c1-4-10(2)20-21-17-19-14-12(23-3)8-7-11(15(14)25-17)18-16(22)13-6-5-9-24-13/h5-9H,4H2,1-3H3,(H,18,22)(H,19,21)/b20-10-.